The van der Waals surface area contributed by atoms with Crippen LogP contribution in [0, 0.1) is 5.92 Å². The van der Waals surface area contributed by atoms with E-state index >= 15 is 0 Å². The van der Waals surface area contributed by atoms with Crippen LogP contribution in [0.3, 0.4) is 0 Å². The minimum atomic E-state index is -3.84. The first kappa shape index (κ1) is 21.6. The van der Waals surface area contributed by atoms with Crippen molar-refractivity contribution in [3.05, 3.63) is 40.5 Å². The summed E-state index contributed by atoms with van der Waals surface area (Å²) >= 11 is 3.27. The molecular weight excluding hydrogens is 432 g/mol. The molecule has 3 N–H and O–H groups in total. The maximum atomic E-state index is 12.7. The van der Waals surface area contributed by atoms with Gasteiger partial charge in [0.25, 0.3) is 0 Å². The van der Waals surface area contributed by atoms with Crippen molar-refractivity contribution in [2.45, 2.75) is 51.0 Å². The summed E-state index contributed by atoms with van der Waals surface area (Å²) in [4.78, 5) is 12.8. The molecule has 0 unspecified atom stereocenters. The zero-order valence-electron chi connectivity index (χ0n) is 16.0. The minimum Gasteiger partial charge on any atom is -0.308 e. The van der Waals surface area contributed by atoms with Gasteiger partial charge in [0.2, 0.25) is 15.9 Å². The van der Waals surface area contributed by atoms with E-state index in [9.17, 15) is 13.2 Å². The van der Waals surface area contributed by atoms with E-state index in [1.807, 2.05) is 20.8 Å². The quantitative estimate of drug-likeness (QED) is 0.619. The monoisotopic (exact) mass is 456 g/mol. The Morgan fingerprint density at radius 3 is 2.26 bits per heavy atom. The molecule has 1 aromatic carbocycles. The van der Waals surface area contributed by atoms with Crippen molar-refractivity contribution in [3.63, 3.8) is 0 Å². The largest absolute Gasteiger partial charge is 0.308 e. The summed E-state index contributed by atoms with van der Waals surface area (Å²) in [6, 6.07) is 7.04. The first-order valence-corrected chi connectivity index (χ1v) is 10.8. The van der Waals surface area contributed by atoms with Gasteiger partial charge in [-0.2, -0.15) is 9.82 Å². The molecule has 148 valence electrons. The highest BCUT2D eigenvalue weighted by Crippen LogP contribution is 2.22. The van der Waals surface area contributed by atoms with E-state index in [1.54, 1.807) is 32.0 Å². The van der Waals surface area contributed by atoms with Crippen molar-refractivity contribution in [1.29, 1.82) is 0 Å². The number of nitrogens with zero attached hydrogens (tertiary/aromatic N) is 1. The average molecular weight is 457 g/mol. The molecule has 1 aromatic heterocycles. The lowest BCUT2D eigenvalue weighted by molar-refractivity contribution is -0.118. The fourth-order valence-electron chi connectivity index (χ4n) is 2.32. The van der Waals surface area contributed by atoms with Crippen LogP contribution in [0.15, 0.2) is 39.7 Å². The van der Waals surface area contributed by atoms with Crippen LogP contribution < -0.4 is 10.0 Å². The molecule has 1 atom stereocenters. The van der Waals surface area contributed by atoms with Crippen LogP contribution in [0.4, 0.5) is 5.82 Å². The number of anilines is 1. The molecule has 0 aliphatic heterocycles. The highest BCUT2D eigenvalue weighted by molar-refractivity contribution is 9.10. The lowest BCUT2D eigenvalue weighted by Crippen LogP contribution is -2.47. The van der Waals surface area contributed by atoms with Crippen LogP contribution >= 0.6 is 15.9 Å². The number of aromatic nitrogens is 2. The van der Waals surface area contributed by atoms with Crippen molar-refractivity contribution >= 4 is 37.7 Å². The minimum absolute atomic E-state index is 0.0962. The van der Waals surface area contributed by atoms with Crippen LogP contribution in [0.1, 0.15) is 40.3 Å². The molecule has 9 heteroatoms. The summed E-state index contributed by atoms with van der Waals surface area (Å²) < 4.78 is 28.5. The van der Waals surface area contributed by atoms with E-state index in [-0.39, 0.29) is 16.2 Å². The van der Waals surface area contributed by atoms with Gasteiger partial charge in [0.05, 0.1) is 4.90 Å². The van der Waals surface area contributed by atoms with Crippen molar-refractivity contribution in [2.75, 3.05) is 5.32 Å². The molecule has 1 amide bonds. The topological polar surface area (TPSA) is 104 Å². The van der Waals surface area contributed by atoms with E-state index in [1.165, 1.54) is 12.1 Å². The van der Waals surface area contributed by atoms with Crippen LogP contribution in [-0.4, -0.2) is 30.6 Å². The van der Waals surface area contributed by atoms with Gasteiger partial charge in [-0.1, -0.05) is 50.5 Å². The molecule has 0 aliphatic rings. The first-order chi connectivity index (χ1) is 12.4. The van der Waals surface area contributed by atoms with E-state index in [0.717, 1.165) is 10.2 Å². The lowest BCUT2D eigenvalue weighted by atomic mass is 9.92. The smallest absolute Gasteiger partial charge is 0.244 e. The summed E-state index contributed by atoms with van der Waals surface area (Å²) in [6.45, 7) is 9.62. The van der Waals surface area contributed by atoms with Crippen molar-refractivity contribution in [1.82, 2.24) is 14.9 Å². The summed E-state index contributed by atoms with van der Waals surface area (Å²) in [5, 5.41) is 9.66. The number of hydrogen-bond acceptors (Lipinski definition) is 4. The van der Waals surface area contributed by atoms with Gasteiger partial charge < -0.3 is 5.32 Å². The number of aromatic amines is 1. The third kappa shape index (κ3) is 5.63. The number of H-pyrrole nitrogens is 1. The molecule has 0 radical (unpaired) electrons. The molecule has 1 heterocycles. The van der Waals surface area contributed by atoms with Gasteiger partial charge >= 0.3 is 0 Å². The standard InChI is InChI=1S/C18H25BrN4O3S/c1-11(2)16(23-27(25,26)13-8-6-12(19)7-9-13)17(24)20-15-10-14(21-22-15)18(3,4)5/h6-11,16,23H,1-5H3,(H2,20,21,22,24)/t16-/m0/s1. The van der Waals surface area contributed by atoms with Crippen LogP contribution in [0.2, 0.25) is 0 Å². The second-order valence-corrected chi connectivity index (χ2v) is 10.3. The molecule has 2 rings (SSSR count). The number of hydrogen-bond donors (Lipinski definition) is 3. The van der Waals surface area contributed by atoms with Gasteiger partial charge in [-0.3, -0.25) is 9.89 Å². The average Bonchev–Trinajstić information content (AvgIpc) is 3.01. The normalized spacial score (nSPS) is 13.6. The Bertz CT molecular complexity index is 899. The fourth-order valence-corrected chi connectivity index (χ4v) is 3.92. The number of nitrogens with one attached hydrogen (secondary N) is 3. The Kier molecular flexibility index (Phi) is 6.49. The molecule has 2 aromatic rings. The fraction of sp³-hybridized carbons (Fsp3) is 0.444. The molecule has 27 heavy (non-hydrogen) atoms. The van der Waals surface area contributed by atoms with Gasteiger partial charge in [0.1, 0.15) is 6.04 Å². The zero-order chi connectivity index (χ0) is 20.4. The van der Waals surface area contributed by atoms with Gasteiger partial charge in [-0.25, -0.2) is 8.42 Å². The molecule has 0 saturated carbocycles. The molecule has 0 aliphatic carbocycles. The summed E-state index contributed by atoms with van der Waals surface area (Å²) in [7, 11) is -3.84. The zero-order valence-corrected chi connectivity index (χ0v) is 18.4. The van der Waals surface area contributed by atoms with Crippen molar-refractivity contribution in [3.8, 4) is 0 Å². The van der Waals surface area contributed by atoms with Crippen LogP contribution in [-0.2, 0) is 20.2 Å². The predicted molar refractivity (Wildman–Crippen MR) is 109 cm³/mol. The van der Waals surface area contributed by atoms with Crippen LogP contribution in [0.25, 0.3) is 0 Å². The molecule has 7 nitrogen and oxygen atoms in total. The second kappa shape index (κ2) is 8.12. The number of rotatable bonds is 6. The van der Waals surface area contributed by atoms with E-state index < -0.39 is 22.0 Å². The van der Waals surface area contributed by atoms with Crippen LogP contribution in [0.5, 0.6) is 0 Å². The number of carbonyl (C=O) groups excluding carboxylic acids is 1. The van der Waals surface area contributed by atoms with Crippen molar-refractivity contribution in [2.24, 2.45) is 5.92 Å². The number of halogens is 1. The molecule has 0 bridgehead atoms. The number of amides is 1. The number of carbonyl (C=O) groups is 1. The maximum Gasteiger partial charge on any atom is 0.244 e. The summed E-state index contributed by atoms with van der Waals surface area (Å²) in [5.41, 5.74) is 0.727. The SMILES string of the molecule is CC(C)[C@H](NS(=O)(=O)c1ccc(Br)cc1)C(=O)Nc1cc(C(C)(C)C)[nH]n1. The Labute approximate surface area is 168 Å². The highest BCUT2D eigenvalue weighted by atomic mass is 79.9. The van der Waals surface area contributed by atoms with E-state index in [0.29, 0.717) is 5.82 Å². The lowest BCUT2D eigenvalue weighted by Gasteiger charge is -2.21. The van der Waals surface area contributed by atoms with Gasteiger partial charge in [0.15, 0.2) is 5.82 Å². The third-order valence-electron chi connectivity index (χ3n) is 3.99. The molecule has 0 fully saturated rings. The third-order valence-corrected chi connectivity index (χ3v) is 5.98. The molecule has 0 spiro atoms. The number of benzene rings is 1. The van der Waals surface area contributed by atoms with E-state index in [4.69, 9.17) is 0 Å². The summed E-state index contributed by atoms with van der Waals surface area (Å²) in [6.07, 6.45) is 0. The Morgan fingerprint density at radius 1 is 1.19 bits per heavy atom. The Hall–Kier alpha value is -1.71. The molecular formula is C18H25BrN4O3S. The van der Waals surface area contributed by atoms with Gasteiger partial charge in [-0.05, 0) is 30.2 Å². The van der Waals surface area contributed by atoms with Crippen molar-refractivity contribution < 1.29 is 13.2 Å². The summed E-state index contributed by atoms with van der Waals surface area (Å²) in [5.74, 6) is -0.354. The second-order valence-electron chi connectivity index (χ2n) is 7.70. The van der Waals surface area contributed by atoms with Gasteiger partial charge in [-0.15, -0.1) is 0 Å². The Morgan fingerprint density at radius 2 is 1.78 bits per heavy atom. The van der Waals surface area contributed by atoms with Gasteiger partial charge in [0, 0.05) is 21.6 Å². The predicted octanol–water partition coefficient (Wildman–Crippen LogP) is 3.41. The molecule has 0 saturated heterocycles. The number of sulfonamides is 1. The maximum absolute atomic E-state index is 12.7. The highest BCUT2D eigenvalue weighted by Gasteiger charge is 2.29. The van der Waals surface area contributed by atoms with E-state index in [2.05, 4.69) is 36.2 Å². The first-order valence-electron chi connectivity index (χ1n) is 8.55. The Balaban J connectivity index is 2.17.